The van der Waals surface area contributed by atoms with Crippen LogP contribution in [0.15, 0.2) is 10.3 Å². The fraction of sp³-hybridized carbons (Fsp3) is 0. The van der Waals surface area contributed by atoms with Crippen molar-refractivity contribution in [2.75, 3.05) is 17.2 Å². The average molecular weight is 548 g/mol. The van der Waals surface area contributed by atoms with E-state index in [-0.39, 0.29) is 130 Å². The maximum atomic E-state index is 5.14. The van der Waals surface area contributed by atoms with Crippen LogP contribution in [0.4, 0.5) is 17.8 Å². The Morgan fingerprint density at radius 3 is 1.10 bits per heavy atom. The second-order valence-corrected chi connectivity index (χ2v) is 5.73. The third kappa shape index (κ3) is 18.5. The predicted octanol–water partition coefficient (Wildman–Crippen LogP) is -9.30. The van der Waals surface area contributed by atoms with Crippen LogP contribution in [0.1, 0.15) is 0 Å². The number of nitrogen functional groups attached to an aromatic ring is 3. The number of hydrogen-bond donors (Lipinski definition) is 6. The average Bonchev–Trinajstić information content (AvgIpc) is 2.45. The maximum absolute atomic E-state index is 5.14. The van der Waals surface area contributed by atoms with Crippen LogP contribution in [-0.2, 0) is 38.8 Å². The molecule has 0 amide bonds. The molecule has 0 aliphatic heterocycles. The zero-order valence-electron chi connectivity index (χ0n) is 15.9. The number of anilines is 3. The van der Waals surface area contributed by atoms with E-state index < -0.39 is 0 Å². The zero-order chi connectivity index (χ0) is 19.7. The number of H-pyrrole nitrogens is 3. The van der Waals surface area contributed by atoms with Crippen molar-refractivity contribution < 1.29 is 88.7 Å². The van der Waals surface area contributed by atoms with E-state index in [2.05, 4.69) is 76.4 Å². The number of nitrogens with two attached hydrogens (primary N) is 3. The molecule has 0 spiro atoms. The molecule has 0 fully saturated rings. The molecular formula is C9H10N12Na3S6-. The SMILES string of the molecule is Nc1nc(N)nc(N)n1.S=c1[nH]c(=S)[nH]c(=S)[nH]1.[Na+].[Na+].[Na+].[S-]c1n[c-]nc([S-])n1.[SH-]. The maximum Gasteiger partial charge on any atom is 1.00 e. The van der Waals surface area contributed by atoms with Crippen LogP contribution in [0.3, 0.4) is 0 Å². The van der Waals surface area contributed by atoms with Gasteiger partial charge in [0.1, 0.15) is 0 Å². The van der Waals surface area contributed by atoms with E-state index in [1.54, 1.807) is 0 Å². The van der Waals surface area contributed by atoms with E-state index in [1.165, 1.54) is 0 Å². The minimum Gasteiger partial charge on any atom is -0.821 e. The molecule has 0 atom stereocenters. The molecule has 12 nitrogen and oxygen atoms in total. The molecule has 3 heterocycles. The van der Waals surface area contributed by atoms with Gasteiger partial charge in [0.2, 0.25) is 17.8 Å². The van der Waals surface area contributed by atoms with Crippen LogP contribution in [0.5, 0.6) is 0 Å². The van der Waals surface area contributed by atoms with Crippen LogP contribution in [-0.4, -0.2) is 44.9 Å². The quantitative estimate of drug-likeness (QED) is 0.0509. The standard InChI is InChI=1S/C3H6N6.C3H3N3S3.C3H2N3S2.3Na.H2S/c4-1-7-2(5)9-3(6)8-1;7-1-4-2(8)6-3(9)5-1;7-2-4-1-5-3(8)6-2;;;;/h(H6,4,5,6,7,8,9);(H3,4,5,6,7,8,9);(H2,4,5,6,7,8);;;;1H2/q;;-1;3*+1;/p-3. The first-order valence-electron chi connectivity index (χ1n) is 6.07. The Labute approximate surface area is 270 Å². The fourth-order valence-corrected chi connectivity index (χ4v) is 2.19. The summed E-state index contributed by atoms with van der Waals surface area (Å²) in [6.07, 6.45) is 2.26. The summed E-state index contributed by atoms with van der Waals surface area (Å²) in [7, 11) is 0. The number of nitrogens with zero attached hydrogens (tertiary/aromatic N) is 6. The minimum absolute atomic E-state index is 0. The van der Waals surface area contributed by atoms with Crippen molar-refractivity contribution in [3.8, 4) is 0 Å². The molecule has 0 aromatic carbocycles. The Balaban J connectivity index is -0.000000159. The Morgan fingerprint density at radius 2 is 0.900 bits per heavy atom. The minimum atomic E-state index is 0. The molecule has 30 heavy (non-hydrogen) atoms. The van der Waals surface area contributed by atoms with Crippen molar-refractivity contribution in [1.29, 1.82) is 0 Å². The van der Waals surface area contributed by atoms with Gasteiger partial charge in [0, 0.05) is 6.33 Å². The summed E-state index contributed by atoms with van der Waals surface area (Å²) in [6.45, 7) is 0. The third-order valence-electron chi connectivity index (χ3n) is 1.85. The van der Waals surface area contributed by atoms with Crippen molar-refractivity contribution in [2.45, 2.75) is 10.3 Å². The van der Waals surface area contributed by atoms with Gasteiger partial charge in [-0.1, -0.05) is 0 Å². The predicted molar refractivity (Wildman–Crippen MR) is 114 cm³/mol. The molecule has 3 aromatic rings. The number of nitrogens with one attached hydrogen (secondary N) is 3. The number of thiol groups is 1. The number of rotatable bonds is 0. The number of aromatic nitrogens is 9. The molecule has 3 aromatic heterocycles. The second kappa shape index (κ2) is 20.5. The Kier molecular flexibility index (Phi) is 26.1. The van der Waals surface area contributed by atoms with Gasteiger partial charge in [0.15, 0.2) is 14.3 Å². The summed E-state index contributed by atoms with van der Waals surface area (Å²) >= 11 is 23.2. The molecule has 9 N–H and O–H groups in total. The third-order valence-corrected chi connectivity index (χ3v) is 2.83. The molecule has 0 aliphatic carbocycles. The summed E-state index contributed by atoms with van der Waals surface area (Å²) in [6, 6.07) is 0. The molecule has 0 aliphatic rings. The van der Waals surface area contributed by atoms with Gasteiger partial charge >= 0.3 is 88.7 Å². The number of aromatic amines is 3. The van der Waals surface area contributed by atoms with Gasteiger partial charge in [0.05, 0.1) is 0 Å². The van der Waals surface area contributed by atoms with Gasteiger partial charge in [-0.05, 0) is 36.7 Å². The van der Waals surface area contributed by atoms with Crippen LogP contribution in [0.2, 0.25) is 0 Å². The smallest absolute Gasteiger partial charge is 0.821 e. The Bertz CT molecular complexity index is 896. The summed E-state index contributed by atoms with van der Waals surface area (Å²) < 4.78 is 1.34. The summed E-state index contributed by atoms with van der Waals surface area (Å²) in [4.78, 5) is 28.9. The van der Waals surface area contributed by atoms with Crippen LogP contribution in [0, 0.1) is 20.6 Å². The summed E-state index contributed by atoms with van der Waals surface area (Å²) in [5, 5.41) is 0.398. The largest absolute Gasteiger partial charge is 1.00 e. The van der Waals surface area contributed by atoms with E-state index in [0.717, 1.165) is 0 Å². The fourth-order valence-electron chi connectivity index (χ4n) is 1.07. The molecule has 146 valence electrons. The number of hydrogen-bond acceptors (Lipinski definition) is 15. The van der Waals surface area contributed by atoms with E-state index in [4.69, 9.17) is 53.9 Å². The second-order valence-electron chi connectivity index (χ2n) is 3.77. The summed E-state index contributed by atoms with van der Waals surface area (Å²) in [5.41, 5.74) is 15.4. The van der Waals surface area contributed by atoms with Gasteiger partial charge in [-0.3, -0.25) is 0 Å². The first-order valence-corrected chi connectivity index (χ1v) is 8.11. The molecule has 0 saturated carbocycles. The van der Waals surface area contributed by atoms with Crippen molar-refractivity contribution >= 4 is 93.3 Å². The van der Waals surface area contributed by atoms with Gasteiger partial charge in [-0.25, -0.2) is 0 Å². The normalized spacial score (nSPS) is 8.00. The van der Waals surface area contributed by atoms with Crippen LogP contribution < -0.4 is 106 Å². The van der Waals surface area contributed by atoms with Crippen molar-refractivity contribution in [3.63, 3.8) is 0 Å². The Morgan fingerprint density at radius 1 is 0.633 bits per heavy atom. The van der Waals surface area contributed by atoms with E-state index in [9.17, 15) is 0 Å². The van der Waals surface area contributed by atoms with Gasteiger partial charge in [0.25, 0.3) is 0 Å². The summed E-state index contributed by atoms with van der Waals surface area (Å²) in [5.74, 6) is 0.125. The van der Waals surface area contributed by atoms with E-state index in [0.29, 0.717) is 14.3 Å². The first kappa shape index (κ1) is 38.2. The van der Waals surface area contributed by atoms with Gasteiger partial charge in [-0.2, -0.15) is 15.0 Å². The van der Waals surface area contributed by atoms with E-state index >= 15 is 0 Å². The van der Waals surface area contributed by atoms with Crippen LogP contribution in [0.25, 0.3) is 0 Å². The molecule has 3 rings (SSSR count). The molecule has 21 heteroatoms. The molecule has 0 radical (unpaired) electrons. The van der Waals surface area contributed by atoms with E-state index in [1.807, 2.05) is 0 Å². The molecule has 0 unspecified atom stereocenters. The molecule has 0 bridgehead atoms. The Hall–Kier alpha value is 0.880. The first-order chi connectivity index (χ1) is 12.2. The van der Waals surface area contributed by atoms with Crippen molar-refractivity contribution in [3.05, 3.63) is 20.6 Å². The topological polar surface area (TPSA) is 203 Å². The van der Waals surface area contributed by atoms with Gasteiger partial charge < -0.3 is 85.9 Å². The van der Waals surface area contributed by atoms with Crippen molar-refractivity contribution in [1.82, 2.24) is 44.9 Å². The van der Waals surface area contributed by atoms with Crippen LogP contribution >= 0.6 is 36.7 Å². The van der Waals surface area contributed by atoms with Gasteiger partial charge in [-0.15, -0.1) is 10.3 Å². The molecule has 0 saturated heterocycles. The monoisotopic (exact) mass is 547 g/mol. The molecular weight excluding hydrogens is 538 g/mol. The zero-order valence-corrected chi connectivity index (χ0v) is 26.9. The van der Waals surface area contributed by atoms with Crippen molar-refractivity contribution in [2.24, 2.45) is 0 Å².